The number of methoxy groups -OCH3 is 1. The van der Waals surface area contributed by atoms with Crippen LogP contribution in [0.3, 0.4) is 0 Å². The molecule has 0 spiro atoms. The molecule has 224 valence electrons. The maximum atomic E-state index is 12.4. The van der Waals surface area contributed by atoms with E-state index in [1.807, 2.05) is 72.8 Å². The van der Waals surface area contributed by atoms with Crippen LogP contribution in [0.2, 0.25) is 0 Å². The summed E-state index contributed by atoms with van der Waals surface area (Å²) in [6.45, 7) is -0.0120. The number of aliphatic hydroxyl groups is 1. The molecule has 9 nitrogen and oxygen atoms in total. The normalized spacial score (nSPS) is 18.3. The minimum Gasteiger partial charge on any atom is -0.496 e. The van der Waals surface area contributed by atoms with E-state index in [1.165, 1.54) is 0 Å². The van der Waals surface area contributed by atoms with E-state index in [2.05, 4.69) is 5.32 Å². The Kier molecular flexibility index (Phi) is 12.2. The maximum absolute atomic E-state index is 12.4. The molecular weight excluding hydrogens is 556 g/mol. The second-order valence-corrected chi connectivity index (χ2v) is 11.1. The summed E-state index contributed by atoms with van der Waals surface area (Å²) in [5, 5.41) is 20.9. The quantitative estimate of drug-likeness (QED) is 0.0784. The summed E-state index contributed by atoms with van der Waals surface area (Å²) in [5.41, 5.74) is 5.00. The third-order valence-electron chi connectivity index (χ3n) is 7.01. The van der Waals surface area contributed by atoms with Crippen LogP contribution in [0.5, 0.6) is 5.75 Å². The van der Waals surface area contributed by atoms with Crippen molar-refractivity contribution in [2.75, 3.05) is 18.2 Å². The standard InChI is InChI=1S/C32H38N2O7S/c1-39-27-7-5-6-8-29(27)42-21-26-19-28(23-13-11-22(20-35)12-14-23)41-32(40-26)24-15-17-25(18-16-24)33-30(36)9-3-2-4-10-31(37)34-38/h5-8,11-18,26,28,32,35,38H,2-4,9-10,19-21H2,1H3,(H,33,36)(H,34,37)/t26-,28+,32+/m1/s1. The van der Waals surface area contributed by atoms with Crippen molar-refractivity contribution < 1.29 is 34.1 Å². The fraction of sp³-hybridized carbons (Fsp3) is 0.375. The average Bonchev–Trinajstić information content (AvgIpc) is 3.03. The lowest BCUT2D eigenvalue weighted by Gasteiger charge is -2.36. The molecule has 3 atom stereocenters. The van der Waals surface area contributed by atoms with Crippen LogP contribution in [0.15, 0.2) is 77.7 Å². The number of rotatable bonds is 14. The first-order valence-electron chi connectivity index (χ1n) is 14.1. The molecule has 4 rings (SSSR count). The predicted octanol–water partition coefficient (Wildman–Crippen LogP) is 5.92. The van der Waals surface area contributed by atoms with Crippen LogP contribution in [0.25, 0.3) is 0 Å². The Hall–Kier alpha value is -3.41. The van der Waals surface area contributed by atoms with Gasteiger partial charge in [0.15, 0.2) is 6.29 Å². The van der Waals surface area contributed by atoms with Gasteiger partial charge in [0.25, 0.3) is 0 Å². The Morgan fingerprint density at radius 2 is 1.60 bits per heavy atom. The molecule has 0 saturated carbocycles. The number of benzene rings is 3. The van der Waals surface area contributed by atoms with Gasteiger partial charge in [-0.2, -0.15) is 0 Å². The molecule has 10 heteroatoms. The van der Waals surface area contributed by atoms with Crippen molar-refractivity contribution in [1.82, 2.24) is 5.48 Å². The van der Waals surface area contributed by atoms with E-state index >= 15 is 0 Å². The van der Waals surface area contributed by atoms with Crippen LogP contribution >= 0.6 is 11.8 Å². The highest BCUT2D eigenvalue weighted by molar-refractivity contribution is 7.99. The number of amides is 2. The van der Waals surface area contributed by atoms with Gasteiger partial charge in [0.05, 0.1) is 25.9 Å². The molecule has 1 fully saturated rings. The maximum Gasteiger partial charge on any atom is 0.243 e. The summed E-state index contributed by atoms with van der Waals surface area (Å²) in [6, 6.07) is 23.2. The summed E-state index contributed by atoms with van der Waals surface area (Å²) in [6.07, 6.45) is 2.37. The van der Waals surface area contributed by atoms with Crippen LogP contribution in [-0.4, -0.2) is 41.1 Å². The van der Waals surface area contributed by atoms with Crippen LogP contribution in [0, 0.1) is 0 Å². The number of nitrogens with one attached hydrogen (secondary N) is 2. The summed E-state index contributed by atoms with van der Waals surface area (Å²) < 4.78 is 18.4. The van der Waals surface area contributed by atoms with Crippen molar-refractivity contribution in [3.05, 3.63) is 89.5 Å². The summed E-state index contributed by atoms with van der Waals surface area (Å²) in [7, 11) is 1.67. The second-order valence-electron chi connectivity index (χ2n) is 10.1. The van der Waals surface area contributed by atoms with Gasteiger partial charge in [-0.05, 0) is 48.2 Å². The smallest absolute Gasteiger partial charge is 0.243 e. The van der Waals surface area contributed by atoms with Crippen molar-refractivity contribution >= 4 is 29.3 Å². The average molecular weight is 595 g/mol. The lowest BCUT2D eigenvalue weighted by molar-refractivity contribution is -0.245. The molecule has 4 N–H and O–H groups in total. The molecule has 2 amide bonds. The fourth-order valence-electron chi connectivity index (χ4n) is 4.69. The number of ether oxygens (including phenoxy) is 3. The van der Waals surface area contributed by atoms with Gasteiger partial charge in [-0.15, -0.1) is 11.8 Å². The number of para-hydroxylation sites is 1. The molecule has 0 radical (unpaired) electrons. The second kappa shape index (κ2) is 16.3. The lowest BCUT2D eigenvalue weighted by atomic mass is 10.0. The fourth-order valence-corrected chi connectivity index (χ4v) is 5.74. The van der Waals surface area contributed by atoms with Gasteiger partial charge in [-0.1, -0.05) is 55.0 Å². The van der Waals surface area contributed by atoms with Gasteiger partial charge in [0.2, 0.25) is 11.8 Å². The largest absolute Gasteiger partial charge is 0.496 e. The number of unbranched alkanes of at least 4 members (excludes halogenated alkanes) is 2. The van der Waals surface area contributed by atoms with Gasteiger partial charge in [0.1, 0.15) is 5.75 Å². The van der Waals surface area contributed by atoms with Gasteiger partial charge >= 0.3 is 0 Å². The monoisotopic (exact) mass is 594 g/mol. The highest BCUT2D eigenvalue weighted by Crippen LogP contribution is 2.40. The Morgan fingerprint density at radius 3 is 2.29 bits per heavy atom. The van der Waals surface area contributed by atoms with Gasteiger partial charge in [-0.25, -0.2) is 5.48 Å². The van der Waals surface area contributed by atoms with Crippen molar-refractivity contribution in [1.29, 1.82) is 0 Å². The highest BCUT2D eigenvalue weighted by atomic mass is 32.2. The minimum atomic E-state index is -0.592. The lowest BCUT2D eigenvalue weighted by Crippen LogP contribution is -2.31. The SMILES string of the molecule is COc1ccccc1SC[C@H]1C[C@@H](c2ccc(CO)cc2)O[C@@H](c2ccc(NC(=O)CCCCCC(=O)NO)cc2)O1. The van der Waals surface area contributed by atoms with Gasteiger partial charge in [0, 0.05) is 41.2 Å². The Labute approximate surface area is 250 Å². The zero-order valence-electron chi connectivity index (χ0n) is 23.7. The van der Waals surface area contributed by atoms with Crippen molar-refractivity contribution in [3.8, 4) is 5.75 Å². The Balaban J connectivity index is 1.38. The van der Waals surface area contributed by atoms with Crippen LogP contribution < -0.4 is 15.5 Å². The first-order valence-corrected chi connectivity index (χ1v) is 15.1. The molecule has 3 aromatic carbocycles. The molecule has 0 aliphatic carbocycles. The molecule has 3 aromatic rings. The number of aliphatic hydroxyl groups excluding tert-OH is 1. The molecule has 1 aliphatic heterocycles. The number of hydrogen-bond acceptors (Lipinski definition) is 8. The van der Waals surface area contributed by atoms with Crippen LogP contribution in [-0.2, 0) is 25.7 Å². The molecule has 42 heavy (non-hydrogen) atoms. The number of thioether (sulfide) groups is 1. The predicted molar refractivity (Wildman–Crippen MR) is 160 cm³/mol. The Morgan fingerprint density at radius 1 is 0.905 bits per heavy atom. The zero-order chi connectivity index (χ0) is 29.7. The molecule has 1 saturated heterocycles. The zero-order valence-corrected chi connectivity index (χ0v) is 24.5. The highest BCUT2D eigenvalue weighted by Gasteiger charge is 2.32. The molecule has 0 aromatic heterocycles. The first-order chi connectivity index (χ1) is 20.5. The van der Waals surface area contributed by atoms with E-state index in [9.17, 15) is 14.7 Å². The number of hydroxylamine groups is 1. The number of carbonyl (C=O) groups is 2. The summed E-state index contributed by atoms with van der Waals surface area (Å²) >= 11 is 1.68. The topological polar surface area (TPSA) is 126 Å². The third kappa shape index (κ3) is 9.30. The molecular formula is C32H38N2O7S. The number of hydrogen-bond donors (Lipinski definition) is 4. The van der Waals surface area contributed by atoms with Crippen molar-refractivity contribution in [3.63, 3.8) is 0 Å². The third-order valence-corrected chi connectivity index (χ3v) is 8.19. The van der Waals surface area contributed by atoms with Gasteiger partial charge in [-0.3, -0.25) is 14.8 Å². The number of anilines is 1. The van der Waals surface area contributed by atoms with E-state index in [1.54, 1.807) is 24.4 Å². The van der Waals surface area contributed by atoms with E-state index in [0.717, 1.165) is 33.8 Å². The molecule has 1 aliphatic rings. The molecule has 0 bridgehead atoms. The van der Waals surface area contributed by atoms with E-state index in [4.69, 9.17) is 19.4 Å². The van der Waals surface area contributed by atoms with Crippen LogP contribution in [0.1, 0.15) is 67.6 Å². The molecule has 1 heterocycles. The number of carbonyl (C=O) groups excluding carboxylic acids is 2. The minimum absolute atomic E-state index is 0.0120. The van der Waals surface area contributed by atoms with Gasteiger partial charge < -0.3 is 24.6 Å². The van der Waals surface area contributed by atoms with Crippen molar-refractivity contribution in [2.24, 2.45) is 0 Å². The summed E-state index contributed by atoms with van der Waals surface area (Å²) in [4.78, 5) is 24.5. The Bertz CT molecular complexity index is 1290. The van der Waals surface area contributed by atoms with Crippen molar-refractivity contribution in [2.45, 2.75) is 68.5 Å². The summed E-state index contributed by atoms with van der Waals surface area (Å²) in [5.74, 6) is 1.02. The molecule has 0 unspecified atom stereocenters. The van der Waals surface area contributed by atoms with E-state index in [-0.39, 0.29) is 31.1 Å². The van der Waals surface area contributed by atoms with Crippen LogP contribution in [0.4, 0.5) is 5.69 Å². The first kappa shape index (κ1) is 31.5. The van der Waals surface area contributed by atoms with E-state index in [0.29, 0.717) is 37.1 Å². The van der Waals surface area contributed by atoms with E-state index < -0.39 is 12.2 Å².